The minimum atomic E-state index is -0.0807. The summed E-state index contributed by atoms with van der Waals surface area (Å²) in [6.07, 6.45) is 1.84. The molecule has 192 valence electrons. The number of aryl methyl sites for hydroxylation is 1. The van der Waals surface area contributed by atoms with E-state index >= 15 is 0 Å². The summed E-state index contributed by atoms with van der Waals surface area (Å²) in [6, 6.07) is 18.9. The highest BCUT2D eigenvalue weighted by Gasteiger charge is 2.34. The Morgan fingerprint density at radius 3 is 2.49 bits per heavy atom. The van der Waals surface area contributed by atoms with Crippen molar-refractivity contribution in [3.8, 4) is 11.5 Å². The van der Waals surface area contributed by atoms with Gasteiger partial charge < -0.3 is 9.47 Å². The summed E-state index contributed by atoms with van der Waals surface area (Å²) in [4.78, 5) is 20.6. The van der Waals surface area contributed by atoms with E-state index in [9.17, 15) is 4.79 Å². The maximum Gasteiger partial charge on any atom is 0.266 e. The Hall–Kier alpha value is -2.93. The number of nitrogens with zero attached hydrogens (tertiary/aromatic N) is 2. The van der Waals surface area contributed by atoms with Crippen LogP contribution in [0.1, 0.15) is 30.5 Å². The average molecular weight is 556 g/mol. The van der Waals surface area contributed by atoms with Gasteiger partial charge in [-0.25, -0.2) is 4.99 Å². The molecule has 1 aliphatic heterocycles. The van der Waals surface area contributed by atoms with Gasteiger partial charge in [0.15, 0.2) is 16.7 Å². The molecule has 37 heavy (non-hydrogen) atoms. The first-order valence-corrected chi connectivity index (χ1v) is 13.4. The van der Waals surface area contributed by atoms with Crippen LogP contribution < -0.4 is 9.47 Å². The molecule has 1 saturated heterocycles. The maximum atomic E-state index is 13.5. The second kappa shape index (κ2) is 12.1. The number of rotatable bonds is 8. The predicted molar refractivity (Wildman–Crippen MR) is 154 cm³/mol. The van der Waals surface area contributed by atoms with Gasteiger partial charge in [0.2, 0.25) is 0 Å². The van der Waals surface area contributed by atoms with E-state index in [4.69, 9.17) is 37.7 Å². The van der Waals surface area contributed by atoms with E-state index in [0.717, 1.165) is 22.4 Å². The van der Waals surface area contributed by atoms with E-state index in [2.05, 4.69) is 13.8 Å². The number of methoxy groups -OCH3 is 1. The Kier molecular flexibility index (Phi) is 8.85. The van der Waals surface area contributed by atoms with Gasteiger partial charge in [-0.2, -0.15) is 0 Å². The van der Waals surface area contributed by atoms with Crippen LogP contribution in [-0.4, -0.2) is 29.6 Å². The van der Waals surface area contributed by atoms with E-state index in [1.54, 1.807) is 24.1 Å². The Bertz CT molecular complexity index is 1350. The van der Waals surface area contributed by atoms with E-state index in [1.165, 1.54) is 11.8 Å². The molecule has 1 fully saturated rings. The summed E-state index contributed by atoms with van der Waals surface area (Å²) in [5.41, 5.74) is 3.56. The second-order valence-electron chi connectivity index (χ2n) is 9.07. The van der Waals surface area contributed by atoms with E-state index < -0.39 is 0 Å². The van der Waals surface area contributed by atoms with Crippen LogP contribution in [0.25, 0.3) is 6.08 Å². The molecule has 4 rings (SSSR count). The molecule has 3 aromatic carbocycles. The summed E-state index contributed by atoms with van der Waals surface area (Å²) < 4.78 is 11.7. The zero-order valence-electron chi connectivity index (χ0n) is 21.1. The fourth-order valence-electron chi connectivity index (χ4n) is 3.74. The minimum Gasteiger partial charge on any atom is -0.493 e. The fraction of sp³-hybridized carbons (Fsp3) is 0.241. The molecule has 1 heterocycles. The third-order valence-corrected chi connectivity index (χ3v) is 7.32. The number of thioether (sulfide) groups is 1. The Morgan fingerprint density at radius 1 is 1.05 bits per heavy atom. The van der Waals surface area contributed by atoms with Crippen molar-refractivity contribution in [3.05, 3.63) is 92.3 Å². The molecule has 1 aliphatic rings. The lowest BCUT2D eigenvalue weighted by atomic mass is 10.1. The molecule has 0 saturated carbocycles. The number of hydrogen-bond acceptors (Lipinski definition) is 5. The first kappa shape index (κ1) is 27.1. The van der Waals surface area contributed by atoms with E-state index in [1.807, 2.05) is 61.5 Å². The van der Waals surface area contributed by atoms with E-state index in [-0.39, 0.29) is 18.4 Å². The summed E-state index contributed by atoms with van der Waals surface area (Å²) in [6.45, 7) is 7.03. The molecule has 0 N–H and O–H groups in total. The van der Waals surface area contributed by atoms with Gasteiger partial charge in [0.1, 0.15) is 6.61 Å². The number of hydrogen-bond donors (Lipinski definition) is 0. The SMILES string of the molecule is COc1cccc(/C=C2/SC(=Nc3ccc(C)cc3)N(CC(C)C)C2=O)c1OCc1ccc(Cl)c(Cl)c1. The summed E-state index contributed by atoms with van der Waals surface area (Å²) in [5.74, 6) is 1.31. The fourth-order valence-corrected chi connectivity index (χ4v) is 5.05. The van der Waals surface area contributed by atoms with Crippen molar-refractivity contribution in [2.75, 3.05) is 13.7 Å². The van der Waals surface area contributed by atoms with Gasteiger partial charge in [-0.15, -0.1) is 0 Å². The molecule has 0 atom stereocenters. The van der Waals surface area contributed by atoms with Crippen molar-refractivity contribution in [1.82, 2.24) is 4.90 Å². The number of carbonyl (C=O) groups excluding carboxylic acids is 1. The Balaban J connectivity index is 1.67. The molecule has 0 aromatic heterocycles. The molecular formula is C29H28Cl2N2O3S. The Labute approximate surface area is 232 Å². The molecule has 0 unspecified atom stereocenters. The van der Waals surface area contributed by atoms with Gasteiger partial charge in [0, 0.05) is 12.1 Å². The topological polar surface area (TPSA) is 51.1 Å². The smallest absolute Gasteiger partial charge is 0.266 e. The number of carbonyl (C=O) groups is 1. The highest BCUT2D eigenvalue weighted by molar-refractivity contribution is 8.18. The van der Waals surface area contributed by atoms with Crippen molar-refractivity contribution in [2.24, 2.45) is 10.9 Å². The molecule has 8 heteroatoms. The molecule has 0 bridgehead atoms. The van der Waals surface area contributed by atoms with E-state index in [0.29, 0.717) is 38.2 Å². The third-order valence-electron chi connectivity index (χ3n) is 5.58. The summed E-state index contributed by atoms with van der Waals surface area (Å²) >= 11 is 13.6. The largest absolute Gasteiger partial charge is 0.493 e. The summed E-state index contributed by atoms with van der Waals surface area (Å²) in [7, 11) is 1.59. The van der Waals surface area contributed by atoms with Gasteiger partial charge in [-0.05, 0) is 66.6 Å². The maximum absolute atomic E-state index is 13.5. The third kappa shape index (κ3) is 6.69. The highest BCUT2D eigenvalue weighted by Crippen LogP contribution is 2.39. The van der Waals surface area contributed by atoms with Gasteiger partial charge in [0.25, 0.3) is 5.91 Å². The minimum absolute atomic E-state index is 0.0807. The number of ether oxygens (including phenoxy) is 2. The quantitative estimate of drug-likeness (QED) is 0.263. The molecule has 0 aliphatic carbocycles. The molecule has 5 nitrogen and oxygen atoms in total. The van der Waals surface area contributed by atoms with Crippen LogP contribution in [0, 0.1) is 12.8 Å². The number of benzene rings is 3. The Morgan fingerprint density at radius 2 is 1.81 bits per heavy atom. The van der Waals surface area contributed by atoms with Crippen LogP contribution in [0.5, 0.6) is 11.5 Å². The van der Waals surface area contributed by atoms with Crippen molar-refractivity contribution in [1.29, 1.82) is 0 Å². The summed E-state index contributed by atoms with van der Waals surface area (Å²) in [5, 5.41) is 1.61. The van der Waals surface area contributed by atoms with Gasteiger partial charge in [-0.3, -0.25) is 9.69 Å². The van der Waals surface area contributed by atoms with Crippen LogP contribution in [0.2, 0.25) is 10.0 Å². The first-order chi connectivity index (χ1) is 17.7. The highest BCUT2D eigenvalue weighted by atomic mass is 35.5. The van der Waals surface area contributed by atoms with Crippen LogP contribution in [0.3, 0.4) is 0 Å². The van der Waals surface area contributed by atoms with Crippen LogP contribution in [0.4, 0.5) is 5.69 Å². The van der Waals surface area contributed by atoms with Gasteiger partial charge in [0.05, 0.1) is 27.7 Å². The zero-order chi connectivity index (χ0) is 26.5. The second-order valence-corrected chi connectivity index (χ2v) is 10.9. The van der Waals surface area contributed by atoms with Crippen molar-refractivity contribution in [2.45, 2.75) is 27.4 Å². The number of para-hydroxylation sites is 1. The lowest BCUT2D eigenvalue weighted by Gasteiger charge is -2.17. The predicted octanol–water partition coefficient (Wildman–Crippen LogP) is 8.15. The van der Waals surface area contributed by atoms with Gasteiger partial charge in [-0.1, -0.05) is 72.9 Å². The average Bonchev–Trinajstić information content (AvgIpc) is 3.14. The molecular weight excluding hydrogens is 527 g/mol. The normalized spacial score (nSPS) is 15.8. The van der Waals surface area contributed by atoms with Crippen molar-refractivity contribution >= 4 is 57.8 Å². The molecule has 0 spiro atoms. The number of aliphatic imine (C=N–C) groups is 1. The number of amidine groups is 1. The first-order valence-electron chi connectivity index (χ1n) is 11.9. The molecule has 1 amide bonds. The van der Waals surface area contributed by atoms with Crippen molar-refractivity contribution in [3.63, 3.8) is 0 Å². The standard InChI is InChI=1S/C29H28Cl2N2O3S/c1-18(2)16-33-28(34)26(37-29(33)32-22-11-8-19(3)9-12-22)15-21-6-5-7-25(35-4)27(21)36-17-20-10-13-23(30)24(31)14-20/h5-15,18H,16-17H2,1-4H3/b26-15+,32-29?. The van der Waals surface area contributed by atoms with Crippen LogP contribution in [0.15, 0.2) is 70.6 Å². The molecule has 3 aromatic rings. The number of halogens is 2. The monoisotopic (exact) mass is 554 g/mol. The lowest BCUT2D eigenvalue weighted by Crippen LogP contribution is -2.32. The van der Waals surface area contributed by atoms with Crippen LogP contribution >= 0.6 is 35.0 Å². The zero-order valence-corrected chi connectivity index (χ0v) is 23.5. The van der Waals surface area contributed by atoms with Crippen molar-refractivity contribution < 1.29 is 14.3 Å². The van der Waals surface area contributed by atoms with Crippen LogP contribution in [-0.2, 0) is 11.4 Å². The van der Waals surface area contributed by atoms with Gasteiger partial charge >= 0.3 is 0 Å². The number of amides is 1. The lowest BCUT2D eigenvalue weighted by molar-refractivity contribution is -0.122. The molecule has 0 radical (unpaired) electrons.